The van der Waals surface area contributed by atoms with Gasteiger partial charge in [0.25, 0.3) is 0 Å². The van der Waals surface area contributed by atoms with Crippen molar-refractivity contribution in [1.82, 2.24) is 9.80 Å². The standard InChI is InChI=1S/C16H21BrN2O4/c1-18(11-16(21)22)9-13-10-19(6-7-23-13)15(20)8-12-4-2-3-5-14(12)17/h2-5,13H,6-11H2,1H3,(H,21,22)/t13-/m0/s1. The second-order valence-corrected chi connectivity index (χ2v) is 6.55. The minimum absolute atomic E-state index is 0.0369. The summed E-state index contributed by atoms with van der Waals surface area (Å²) in [6.45, 7) is 2.00. The average molecular weight is 385 g/mol. The molecule has 23 heavy (non-hydrogen) atoms. The zero-order valence-corrected chi connectivity index (χ0v) is 14.7. The number of aliphatic carboxylic acids is 1. The number of carbonyl (C=O) groups is 2. The van der Waals surface area contributed by atoms with Crippen molar-refractivity contribution < 1.29 is 19.4 Å². The lowest BCUT2D eigenvalue weighted by atomic mass is 10.1. The first kappa shape index (κ1) is 17.9. The average Bonchev–Trinajstić information content (AvgIpc) is 2.49. The normalized spacial score (nSPS) is 18.2. The zero-order chi connectivity index (χ0) is 16.8. The first-order valence-electron chi connectivity index (χ1n) is 7.49. The van der Waals surface area contributed by atoms with Crippen molar-refractivity contribution in [2.75, 3.05) is 39.8 Å². The van der Waals surface area contributed by atoms with Gasteiger partial charge in [0.1, 0.15) is 0 Å². The number of ether oxygens (including phenoxy) is 1. The van der Waals surface area contributed by atoms with Crippen LogP contribution in [0.5, 0.6) is 0 Å². The van der Waals surface area contributed by atoms with Crippen LogP contribution >= 0.6 is 15.9 Å². The van der Waals surface area contributed by atoms with Gasteiger partial charge in [0.15, 0.2) is 0 Å². The van der Waals surface area contributed by atoms with Crippen LogP contribution in [0.3, 0.4) is 0 Å². The van der Waals surface area contributed by atoms with Gasteiger partial charge in [0.05, 0.1) is 25.7 Å². The number of carboxylic acids is 1. The van der Waals surface area contributed by atoms with Crippen LogP contribution in [0.1, 0.15) is 5.56 Å². The predicted molar refractivity (Wildman–Crippen MR) is 89.3 cm³/mol. The van der Waals surface area contributed by atoms with Gasteiger partial charge in [-0.15, -0.1) is 0 Å². The van der Waals surface area contributed by atoms with Gasteiger partial charge >= 0.3 is 5.97 Å². The molecule has 1 N–H and O–H groups in total. The van der Waals surface area contributed by atoms with Crippen LogP contribution in [0, 0.1) is 0 Å². The van der Waals surface area contributed by atoms with Crippen molar-refractivity contribution >= 4 is 27.8 Å². The van der Waals surface area contributed by atoms with Gasteiger partial charge in [-0.3, -0.25) is 14.5 Å². The van der Waals surface area contributed by atoms with E-state index in [1.807, 2.05) is 24.3 Å². The Morgan fingerprint density at radius 1 is 1.43 bits per heavy atom. The maximum atomic E-state index is 12.5. The lowest BCUT2D eigenvalue weighted by molar-refractivity contribution is -0.142. The highest BCUT2D eigenvalue weighted by molar-refractivity contribution is 9.10. The predicted octanol–water partition coefficient (Wildman–Crippen LogP) is 1.24. The third-order valence-corrected chi connectivity index (χ3v) is 4.49. The van der Waals surface area contributed by atoms with E-state index in [1.54, 1.807) is 16.8 Å². The Labute approximate surface area is 144 Å². The molecule has 0 unspecified atom stereocenters. The number of halogens is 1. The van der Waals surface area contributed by atoms with Crippen molar-refractivity contribution in [2.45, 2.75) is 12.5 Å². The lowest BCUT2D eigenvalue weighted by Gasteiger charge is -2.34. The Bertz CT molecular complexity index is 567. The molecule has 0 bridgehead atoms. The quantitative estimate of drug-likeness (QED) is 0.798. The smallest absolute Gasteiger partial charge is 0.317 e. The zero-order valence-electron chi connectivity index (χ0n) is 13.1. The highest BCUT2D eigenvalue weighted by Crippen LogP contribution is 2.18. The van der Waals surface area contributed by atoms with Crippen molar-refractivity contribution in [3.05, 3.63) is 34.3 Å². The van der Waals surface area contributed by atoms with Crippen molar-refractivity contribution in [3.8, 4) is 0 Å². The summed E-state index contributed by atoms with van der Waals surface area (Å²) in [5.41, 5.74) is 0.962. The van der Waals surface area contributed by atoms with Gasteiger partial charge in [0.2, 0.25) is 5.91 Å². The molecule has 6 nitrogen and oxygen atoms in total. The van der Waals surface area contributed by atoms with Gasteiger partial charge in [-0.25, -0.2) is 0 Å². The molecule has 1 aliphatic rings. The number of carbonyl (C=O) groups excluding carboxylic acids is 1. The van der Waals surface area contributed by atoms with Crippen LogP contribution in [-0.4, -0.2) is 72.7 Å². The number of carboxylic acid groups (broad SMARTS) is 1. The largest absolute Gasteiger partial charge is 0.480 e. The highest BCUT2D eigenvalue weighted by Gasteiger charge is 2.25. The van der Waals surface area contributed by atoms with Crippen LogP contribution in [0.15, 0.2) is 28.7 Å². The Balaban J connectivity index is 1.89. The molecule has 7 heteroatoms. The van der Waals surface area contributed by atoms with E-state index in [2.05, 4.69) is 15.9 Å². The maximum Gasteiger partial charge on any atom is 0.317 e. The van der Waals surface area contributed by atoms with E-state index < -0.39 is 5.97 Å². The topological polar surface area (TPSA) is 70.1 Å². The molecule has 0 radical (unpaired) electrons. The molecular weight excluding hydrogens is 364 g/mol. The van der Waals surface area contributed by atoms with E-state index in [1.165, 1.54) is 0 Å². The van der Waals surface area contributed by atoms with E-state index in [4.69, 9.17) is 9.84 Å². The minimum Gasteiger partial charge on any atom is -0.480 e. The van der Waals surface area contributed by atoms with E-state index in [-0.39, 0.29) is 18.6 Å². The fourth-order valence-electron chi connectivity index (χ4n) is 2.62. The van der Waals surface area contributed by atoms with E-state index in [0.29, 0.717) is 32.7 Å². The van der Waals surface area contributed by atoms with Crippen LogP contribution in [0.25, 0.3) is 0 Å². The monoisotopic (exact) mass is 384 g/mol. The van der Waals surface area contributed by atoms with E-state index in [9.17, 15) is 9.59 Å². The Morgan fingerprint density at radius 2 is 2.17 bits per heavy atom. The number of hydrogen-bond donors (Lipinski definition) is 1. The summed E-state index contributed by atoms with van der Waals surface area (Å²) < 4.78 is 6.58. The van der Waals surface area contributed by atoms with E-state index in [0.717, 1.165) is 10.0 Å². The van der Waals surface area contributed by atoms with Crippen LogP contribution < -0.4 is 0 Å². The molecule has 1 fully saturated rings. The Morgan fingerprint density at radius 3 is 2.87 bits per heavy atom. The third-order valence-electron chi connectivity index (χ3n) is 3.71. The summed E-state index contributed by atoms with van der Waals surface area (Å²) in [6.07, 6.45) is 0.190. The van der Waals surface area contributed by atoms with Crippen molar-refractivity contribution in [2.24, 2.45) is 0 Å². The minimum atomic E-state index is -0.870. The highest BCUT2D eigenvalue weighted by atomic mass is 79.9. The molecule has 1 heterocycles. The maximum absolute atomic E-state index is 12.5. The summed E-state index contributed by atoms with van der Waals surface area (Å²) in [7, 11) is 1.74. The Hall–Kier alpha value is -1.44. The van der Waals surface area contributed by atoms with Gasteiger partial charge in [-0.05, 0) is 18.7 Å². The first-order chi connectivity index (χ1) is 11.0. The van der Waals surface area contributed by atoms with Gasteiger partial charge in [-0.1, -0.05) is 34.1 Å². The molecule has 0 aliphatic carbocycles. The number of benzene rings is 1. The van der Waals surface area contributed by atoms with Gasteiger partial charge < -0.3 is 14.7 Å². The second-order valence-electron chi connectivity index (χ2n) is 5.69. The molecule has 1 atom stereocenters. The molecule has 126 valence electrons. The van der Waals surface area contributed by atoms with Gasteiger partial charge in [-0.2, -0.15) is 0 Å². The molecule has 1 aromatic rings. The van der Waals surface area contributed by atoms with Gasteiger partial charge in [0, 0.05) is 24.1 Å². The summed E-state index contributed by atoms with van der Waals surface area (Å²) in [5.74, 6) is -0.809. The molecule has 1 aliphatic heterocycles. The molecule has 1 amide bonds. The molecular formula is C16H21BrN2O4. The molecule has 1 saturated heterocycles. The third kappa shape index (κ3) is 5.60. The number of morpholine rings is 1. The number of nitrogens with zero attached hydrogens (tertiary/aromatic N) is 2. The lowest BCUT2D eigenvalue weighted by Crippen LogP contribution is -2.50. The van der Waals surface area contributed by atoms with Crippen LogP contribution in [-0.2, 0) is 20.7 Å². The van der Waals surface area contributed by atoms with Crippen molar-refractivity contribution in [3.63, 3.8) is 0 Å². The number of hydrogen-bond acceptors (Lipinski definition) is 4. The van der Waals surface area contributed by atoms with Crippen LogP contribution in [0.2, 0.25) is 0 Å². The first-order valence-corrected chi connectivity index (χ1v) is 8.28. The number of amides is 1. The van der Waals surface area contributed by atoms with E-state index >= 15 is 0 Å². The SMILES string of the molecule is CN(CC(=O)O)C[C@H]1CN(C(=O)Cc2ccccc2Br)CCO1. The van der Waals surface area contributed by atoms with Crippen LogP contribution in [0.4, 0.5) is 0 Å². The summed E-state index contributed by atoms with van der Waals surface area (Å²) in [6, 6.07) is 7.68. The summed E-state index contributed by atoms with van der Waals surface area (Å²) >= 11 is 3.46. The molecule has 0 aromatic heterocycles. The number of likely N-dealkylation sites (N-methyl/N-ethyl adjacent to an activating group) is 1. The second kappa shape index (κ2) is 8.42. The molecule has 0 spiro atoms. The molecule has 2 rings (SSSR count). The fraction of sp³-hybridized carbons (Fsp3) is 0.500. The summed E-state index contributed by atoms with van der Waals surface area (Å²) in [4.78, 5) is 26.7. The summed E-state index contributed by atoms with van der Waals surface area (Å²) in [5, 5.41) is 8.79. The molecule has 1 aromatic carbocycles. The Kier molecular flexibility index (Phi) is 6.56. The fourth-order valence-corrected chi connectivity index (χ4v) is 3.04. The van der Waals surface area contributed by atoms with Crippen molar-refractivity contribution in [1.29, 1.82) is 0 Å². The molecule has 0 saturated carbocycles. The number of rotatable bonds is 6.